The van der Waals surface area contributed by atoms with Crippen LogP contribution in [-0.2, 0) is 16.4 Å². The van der Waals surface area contributed by atoms with Crippen LogP contribution in [0.15, 0.2) is 35.3 Å². The van der Waals surface area contributed by atoms with Crippen molar-refractivity contribution in [3.63, 3.8) is 0 Å². The number of piperidine rings is 2. The Kier molecular flexibility index (Phi) is 6.39. The molecular weight excluding hydrogens is 396 g/mol. The highest BCUT2D eigenvalue weighted by Crippen LogP contribution is 2.46. The Bertz CT molecular complexity index is 851. The maximum Gasteiger partial charge on any atom is 0.193 e. The molecule has 0 amide bonds. The summed E-state index contributed by atoms with van der Waals surface area (Å²) in [6.45, 7) is 4.98. The van der Waals surface area contributed by atoms with E-state index in [0.717, 1.165) is 44.9 Å². The van der Waals surface area contributed by atoms with Crippen molar-refractivity contribution >= 4 is 15.8 Å². The maximum atomic E-state index is 11.7. The van der Waals surface area contributed by atoms with E-state index >= 15 is 0 Å². The molecule has 2 atom stereocenters. The molecule has 3 fully saturated rings. The lowest BCUT2D eigenvalue weighted by atomic mass is 9.83. The van der Waals surface area contributed by atoms with E-state index in [-0.39, 0.29) is 11.2 Å². The van der Waals surface area contributed by atoms with Crippen LogP contribution in [0.3, 0.4) is 0 Å². The first-order chi connectivity index (χ1) is 14.4. The predicted molar refractivity (Wildman–Crippen MR) is 122 cm³/mol. The zero-order valence-electron chi connectivity index (χ0n) is 18.4. The molecule has 2 saturated heterocycles. The summed E-state index contributed by atoms with van der Waals surface area (Å²) in [5.74, 6) is 1.89. The van der Waals surface area contributed by atoms with Crippen molar-refractivity contribution in [2.24, 2.45) is 16.3 Å². The number of hydrogen-bond acceptors (Lipinski definition) is 4. The van der Waals surface area contributed by atoms with Crippen molar-refractivity contribution in [2.45, 2.75) is 44.7 Å². The minimum absolute atomic E-state index is 0.0842. The molecule has 1 N–H and O–H groups in total. The monoisotopic (exact) mass is 432 g/mol. The molecule has 3 aliphatic rings. The molecule has 2 unspecified atom stereocenters. The lowest BCUT2D eigenvalue weighted by Gasteiger charge is -2.48. The third-order valence-electron chi connectivity index (χ3n) is 7.07. The second-order valence-electron chi connectivity index (χ2n) is 9.63. The lowest BCUT2D eigenvalue weighted by molar-refractivity contribution is 0.0372. The number of guanidine groups is 1. The van der Waals surface area contributed by atoms with Gasteiger partial charge >= 0.3 is 0 Å². The van der Waals surface area contributed by atoms with E-state index in [1.165, 1.54) is 31.2 Å². The number of fused-ring (bicyclic) bond motifs is 1. The molecule has 1 aliphatic carbocycles. The van der Waals surface area contributed by atoms with Crippen LogP contribution in [0.4, 0.5) is 0 Å². The van der Waals surface area contributed by atoms with Crippen molar-refractivity contribution < 1.29 is 8.42 Å². The van der Waals surface area contributed by atoms with Crippen LogP contribution in [0, 0.1) is 11.3 Å². The standard InChI is InChI=1S/C23H36N4O2S/c1-24-22(25-17-23(11-12-23)18-30(2,28)29)27-14-10-21-20(16-27)9-6-13-26(21)15-19-7-4-3-5-8-19/h3-5,7-8,20-21H,6,9-18H2,1-2H3,(H,24,25). The van der Waals surface area contributed by atoms with Gasteiger partial charge in [-0.1, -0.05) is 30.3 Å². The number of sulfone groups is 1. The van der Waals surface area contributed by atoms with E-state index in [9.17, 15) is 8.42 Å². The fraction of sp³-hybridized carbons (Fsp3) is 0.696. The normalized spacial score (nSPS) is 26.9. The van der Waals surface area contributed by atoms with E-state index in [1.54, 1.807) is 0 Å². The van der Waals surface area contributed by atoms with Gasteiger partial charge in [-0.2, -0.15) is 0 Å². The highest BCUT2D eigenvalue weighted by Gasteiger charge is 2.45. The predicted octanol–water partition coefficient (Wildman–Crippen LogP) is 2.37. The summed E-state index contributed by atoms with van der Waals surface area (Å²) in [5.41, 5.74) is 1.32. The summed E-state index contributed by atoms with van der Waals surface area (Å²) < 4.78 is 23.5. The summed E-state index contributed by atoms with van der Waals surface area (Å²) in [5, 5.41) is 3.51. The molecule has 2 aliphatic heterocycles. The molecule has 1 saturated carbocycles. The minimum Gasteiger partial charge on any atom is -0.356 e. The van der Waals surface area contributed by atoms with E-state index in [0.29, 0.717) is 18.5 Å². The topological polar surface area (TPSA) is 65.0 Å². The van der Waals surface area contributed by atoms with Crippen LogP contribution in [-0.4, -0.2) is 75.5 Å². The third kappa shape index (κ3) is 5.35. The number of likely N-dealkylation sites (tertiary alicyclic amines) is 2. The fourth-order valence-corrected chi connectivity index (χ4v) is 6.92. The number of benzene rings is 1. The summed E-state index contributed by atoms with van der Waals surface area (Å²) in [7, 11) is -1.11. The molecule has 1 aromatic carbocycles. The molecule has 0 aromatic heterocycles. The van der Waals surface area contributed by atoms with Gasteiger partial charge in [0.25, 0.3) is 0 Å². The van der Waals surface area contributed by atoms with Crippen LogP contribution in [0.5, 0.6) is 0 Å². The highest BCUT2D eigenvalue weighted by atomic mass is 32.2. The number of nitrogens with one attached hydrogen (secondary N) is 1. The quantitative estimate of drug-likeness (QED) is 0.552. The average molecular weight is 433 g/mol. The Morgan fingerprint density at radius 3 is 2.63 bits per heavy atom. The van der Waals surface area contributed by atoms with Gasteiger partial charge in [0.2, 0.25) is 0 Å². The molecule has 0 radical (unpaired) electrons. The summed E-state index contributed by atoms with van der Waals surface area (Å²) in [4.78, 5) is 9.61. The minimum atomic E-state index is -2.95. The van der Waals surface area contributed by atoms with Crippen LogP contribution < -0.4 is 5.32 Å². The number of aliphatic imine (C=N–C) groups is 1. The number of nitrogens with zero attached hydrogens (tertiary/aromatic N) is 3. The second-order valence-corrected chi connectivity index (χ2v) is 11.8. The number of rotatable bonds is 6. The van der Waals surface area contributed by atoms with Crippen LogP contribution >= 0.6 is 0 Å². The summed E-state index contributed by atoms with van der Waals surface area (Å²) in [6, 6.07) is 11.5. The number of hydrogen-bond donors (Lipinski definition) is 1. The van der Waals surface area contributed by atoms with Crippen molar-refractivity contribution in [3.05, 3.63) is 35.9 Å². The highest BCUT2D eigenvalue weighted by molar-refractivity contribution is 7.90. The van der Waals surface area contributed by atoms with E-state index in [4.69, 9.17) is 0 Å². The SMILES string of the molecule is CN=C(NCC1(CS(C)(=O)=O)CC1)N1CCC2C(CCCN2Cc2ccccc2)C1. The Hall–Kier alpha value is -1.60. The molecule has 166 valence electrons. The van der Waals surface area contributed by atoms with E-state index in [1.807, 2.05) is 7.05 Å². The van der Waals surface area contributed by atoms with Crippen LogP contribution in [0.1, 0.15) is 37.7 Å². The zero-order valence-corrected chi connectivity index (χ0v) is 19.2. The Balaban J connectivity index is 1.34. The van der Waals surface area contributed by atoms with Crippen LogP contribution in [0.2, 0.25) is 0 Å². The van der Waals surface area contributed by atoms with Gasteiger partial charge in [0.05, 0.1) is 5.75 Å². The zero-order chi connectivity index (χ0) is 21.2. The largest absolute Gasteiger partial charge is 0.356 e. The van der Waals surface area contributed by atoms with Gasteiger partial charge in [0.1, 0.15) is 9.84 Å². The smallest absolute Gasteiger partial charge is 0.193 e. The molecule has 6 nitrogen and oxygen atoms in total. The first kappa shape index (κ1) is 21.6. The van der Waals surface area contributed by atoms with Gasteiger partial charge in [-0.15, -0.1) is 0 Å². The summed E-state index contributed by atoms with van der Waals surface area (Å²) >= 11 is 0. The average Bonchev–Trinajstić information content (AvgIpc) is 3.47. The van der Waals surface area contributed by atoms with Gasteiger partial charge in [-0.05, 0) is 50.1 Å². The fourth-order valence-electron chi connectivity index (χ4n) is 5.42. The first-order valence-electron chi connectivity index (χ1n) is 11.3. The molecular formula is C23H36N4O2S. The lowest BCUT2D eigenvalue weighted by Crippen LogP contribution is -2.57. The van der Waals surface area contributed by atoms with Crippen LogP contribution in [0.25, 0.3) is 0 Å². The molecule has 7 heteroatoms. The summed E-state index contributed by atoms with van der Waals surface area (Å²) in [6.07, 6.45) is 7.02. The molecule has 2 heterocycles. The molecule has 0 bridgehead atoms. The second kappa shape index (κ2) is 8.87. The molecule has 0 spiro atoms. The van der Waals surface area contributed by atoms with Gasteiger partial charge in [0, 0.05) is 50.9 Å². The van der Waals surface area contributed by atoms with Gasteiger partial charge < -0.3 is 10.2 Å². The molecule has 4 rings (SSSR count). The Labute approximate surface area is 181 Å². The van der Waals surface area contributed by atoms with Crippen molar-refractivity contribution in [2.75, 3.05) is 45.2 Å². The van der Waals surface area contributed by atoms with Crippen molar-refractivity contribution in [1.82, 2.24) is 15.1 Å². The Morgan fingerprint density at radius 2 is 1.97 bits per heavy atom. The van der Waals surface area contributed by atoms with Crippen molar-refractivity contribution in [1.29, 1.82) is 0 Å². The molecule has 30 heavy (non-hydrogen) atoms. The van der Waals surface area contributed by atoms with Crippen molar-refractivity contribution in [3.8, 4) is 0 Å². The Morgan fingerprint density at radius 1 is 1.20 bits per heavy atom. The van der Waals surface area contributed by atoms with E-state index in [2.05, 4.69) is 50.4 Å². The third-order valence-corrected chi connectivity index (χ3v) is 8.21. The van der Waals surface area contributed by atoms with E-state index < -0.39 is 9.84 Å². The van der Waals surface area contributed by atoms with Gasteiger partial charge in [-0.25, -0.2) is 8.42 Å². The maximum absolute atomic E-state index is 11.7. The van der Waals surface area contributed by atoms with Gasteiger partial charge in [0.15, 0.2) is 5.96 Å². The first-order valence-corrected chi connectivity index (χ1v) is 13.3. The molecule has 1 aromatic rings. The van der Waals surface area contributed by atoms with Gasteiger partial charge in [-0.3, -0.25) is 9.89 Å².